The molecule has 1 N–H and O–H groups in total. The normalized spacial score (nSPS) is 20.3. The van der Waals surface area contributed by atoms with Gasteiger partial charge in [-0.25, -0.2) is 4.98 Å². The van der Waals surface area contributed by atoms with E-state index in [1.54, 1.807) is 18.3 Å². The maximum absolute atomic E-state index is 12.5. The molecule has 4 rings (SSSR count). The minimum Gasteiger partial charge on any atom is -0.326 e. The molecule has 6 nitrogen and oxygen atoms in total. The van der Waals surface area contributed by atoms with Crippen molar-refractivity contribution in [2.75, 3.05) is 11.9 Å². The molecule has 0 radical (unpaired) electrons. The summed E-state index contributed by atoms with van der Waals surface area (Å²) < 4.78 is 0. The third-order valence-corrected chi connectivity index (χ3v) is 5.64. The topological polar surface area (TPSA) is 79.4 Å². The molecule has 1 saturated carbocycles. The number of anilines is 1. The molecule has 2 aliphatic rings. The monoisotopic (exact) mass is 401 g/mol. The third kappa shape index (κ3) is 4.41. The Morgan fingerprint density at radius 2 is 1.80 bits per heavy atom. The number of benzene rings is 1. The molecular weight excluding hydrogens is 378 g/mol. The maximum Gasteiger partial charge on any atom is 0.233 e. The summed E-state index contributed by atoms with van der Waals surface area (Å²) in [7, 11) is 0. The van der Waals surface area contributed by atoms with Crippen molar-refractivity contribution in [1.82, 2.24) is 9.88 Å². The van der Waals surface area contributed by atoms with E-state index in [1.165, 1.54) is 4.90 Å². The second kappa shape index (κ2) is 8.91. The number of aromatic nitrogens is 1. The number of rotatable bonds is 4. The van der Waals surface area contributed by atoms with Gasteiger partial charge in [-0.1, -0.05) is 30.9 Å². The van der Waals surface area contributed by atoms with Gasteiger partial charge in [0.05, 0.1) is 11.8 Å². The molecule has 6 heteroatoms. The lowest BCUT2D eigenvalue weighted by Crippen LogP contribution is -2.34. The van der Waals surface area contributed by atoms with Crippen LogP contribution >= 0.6 is 0 Å². The molecule has 1 aliphatic carbocycles. The summed E-state index contributed by atoms with van der Waals surface area (Å²) in [5, 5.41) is 2.83. The summed E-state index contributed by atoms with van der Waals surface area (Å²) in [6.07, 6.45) is 5.32. The Morgan fingerprint density at radius 3 is 2.50 bits per heavy atom. The van der Waals surface area contributed by atoms with Crippen LogP contribution in [0.5, 0.6) is 0 Å². The molecule has 1 aliphatic heterocycles. The summed E-state index contributed by atoms with van der Waals surface area (Å²) in [4.78, 5) is 42.8. The molecule has 1 saturated heterocycles. The van der Waals surface area contributed by atoms with Gasteiger partial charge in [-0.2, -0.15) is 0 Å². The highest BCUT2D eigenvalue weighted by atomic mass is 16.2. The average Bonchev–Trinajstić information content (AvgIpc) is 3.02. The molecular formula is C24H23N3O3. The first-order valence-corrected chi connectivity index (χ1v) is 10.3. The highest BCUT2D eigenvalue weighted by Gasteiger charge is 2.47. The van der Waals surface area contributed by atoms with E-state index in [4.69, 9.17) is 0 Å². The van der Waals surface area contributed by atoms with Crippen LogP contribution in [0.2, 0.25) is 0 Å². The minimum atomic E-state index is -0.236. The number of fused-ring (bicyclic) bond motifs is 1. The van der Waals surface area contributed by atoms with Crippen molar-refractivity contribution in [2.45, 2.75) is 32.1 Å². The van der Waals surface area contributed by atoms with Crippen molar-refractivity contribution >= 4 is 23.4 Å². The number of imide groups is 1. The Balaban J connectivity index is 1.34. The molecule has 1 aromatic heterocycles. The van der Waals surface area contributed by atoms with E-state index in [2.05, 4.69) is 22.1 Å². The van der Waals surface area contributed by atoms with Crippen molar-refractivity contribution in [2.24, 2.45) is 11.8 Å². The molecule has 2 fully saturated rings. The quantitative estimate of drug-likeness (QED) is 0.631. The molecule has 2 aromatic rings. The Morgan fingerprint density at radius 1 is 1.03 bits per heavy atom. The number of pyridine rings is 1. The number of hydrogen-bond acceptors (Lipinski definition) is 4. The van der Waals surface area contributed by atoms with Crippen molar-refractivity contribution in [3.8, 4) is 11.8 Å². The van der Waals surface area contributed by atoms with Crippen molar-refractivity contribution in [3.05, 3.63) is 59.9 Å². The van der Waals surface area contributed by atoms with Gasteiger partial charge in [-0.3, -0.25) is 19.3 Å². The fraction of sp³-hybridized carbons (Fsp3) is 0.333. The van der Waals surface area contributed by atoms with Gasteiger partial charge in [-0.05, 0) is 49.1 Å². The predicted octanol–water partition coefficient (Wildman–Crippen LogP) is 2.99. The van der Waals surface area contributed by atoms with Crippen LogP contribution in [0.3, 0.4) is 0 Å². The summed E-state index contributed by atoms with van der Waals surface area (Å²) >= 11 is 0. The molecule has 30 heavy (non-hydrogen) atoms. The molecule has 3 amide bonds. The molecule has 0 bridgehead atoms. The summed E-state index contributed by atoms with van der Waals surface area (Å²) in [5.41, 5.74) is 2.06. The molecule has 2 heterocycles. The van der Waals surface area contributed by atoms with Gasteiger partial charge in [0.25, 0.3) is 0 Å². The van der Waals surface area contributed by atoms with Crippen LogP contribution in [-0.2, 0) is 14.4 Å². The Labute approximate surface area is 175 Å². The fourth-order valence-corrected chi connectivity index (χ4v) is 4.14. The number of nitrogens with zero attached hydrogens (tertiary/aromatic N) is 2. The summed E-state index contributed by atoms with van der Waals surface area (Å²) in [6, 6.07) is 12.8. The van der Waals surface area contributed by atoms with Crippen LogP contribution in [0.1, 0.15) is 43.4 Å². The molecule has 152 valence electrons. The fourth-order valence-electron chi connectivity index (χ4n) is 4.14. The number of amides is 3. The molecule has 2 unspecified atom stereocenters. The highest BCUT2D eigenvalue weighted by molar-refractivity contribution is 6.05. The van der Waals surface area contributed by atoms with Crippen molar-refractivity contribution in [1.29, 1.82) is 0 Å². The van der Waals surface area contributed by atoms with Gasteiger partial charge in [-0.15, -0.1) is 0 Å². The second-order valence-electron chi connectivity index (χ2n) is 7.67. The van der Waals surface area contributed by atoms with Crippen molar-refractivity contribution < 1.29 is 14.4 Å². The van der Waals surface area contributed by atoms with Gasteiger partial charge in [0.2, 0.25) is 17.7 Å². The van der Waals surface area contributed by atoms with Gasteiger partial charge in [0, 0.05) is 30.4 Å². The van der Waals surface area contributed by atoms with E-state index in [0.717, 1.165) is 31.2 Å². The zero-order valence-corrected chi connectivity index (χ0v) is 16.6. The lowest BCUT2D eigenvalue weighted by Gasteiger charge is -2.19. The largest absolute Gasteiger partial charge is 0.326 e. The van der Waals surface area contributed by atoms with E-state index in [1.807, 2.05) is 30.3 Å². The van der Waals surface area contributed by atoms with E-state index < -0.39 is 0 Å². The van der Waals surface area contributed by atoms with Crippen LogP contribution in [0, 0.1) is 23.7 Å². The van der Waals surface area contributed by atoms with Crippen LogP contribution in [0.25, 0.3) is 0 Å². The number of carbonyl (C=O) groups excluding carboxylic acids is 3. The molecule has 0 spiro atoms. The van der Waals surface area contributed by atoms with Crippen LogP contribution in [0.15, 0.2) is 48.7 Å². The zero-order chi connectivity index (χ0) is 20.9. The summed E-state index contributed by atoms with van der Waals surface area (Å²) in [5.74, 6) is 5.21. The van der Waals surface area contributed by atoms with E-state index in [9.17, 15) is 14.4 Å². The van der Waals surface area contributed by atoms with Gasteiger partial charge < -0.3 is 5.32 Å². The van der Waals surface area contributed by atoms with Crippen LogP contribution in [0.4, 0.5) is 5.69 Å². The Bertz CT molecular complexity index is 999. The number of nitrogens with one attached hydrogen (secondary N) is 1. The Kier molecular flexibility index (Phi) is 5.89. The lowest BCUT2D eigenvalue weighted by molar-refractivity contribution is -0.140. The van der Waals surface area contributed by atoms with Crippen LogP contribution in [-0.4, -0.2) is 34.2 Å². The van der Waals surface area contributed by atoms with Gasteiger partial charge in [0.1, 0.15) is 5.69 Å². The van der Waals surface area contributed by atoms with E-state index in [0.29, 0.717) is 11.4 Å². The molecule has 2 atom stereocenters. The standard InChI is InChI=1S/C24H23N3O3/c28-22(13-15-27-23(29)20-9-1-2-10-21(20)24(27)30)26-19-8-5-6-17(16-19)11-12-18-7-3-4-14-25-18/h3-8,14,16,20-21H,1-2,9-10,13,15H2,(H,26,28). The third-order valence-electron chi connectivity index (χ3n) is 5.64. The lowest BCUT2D eigenvalue weighted by atomic mass is 9.81. The minimum absolute atomic E-state index is 0.0841. The average molecular weight is 401 g/mol. The first-order valence-electron chi connectivity index (χ1n) is 10.3. The maximum atomic E-state index is 12.5. The number of hydrogen-bond donors (Lipinski definition) is 1. The van der Waals surface area contributed by atoms with E-state index >= 15 is 0 Å². The van der Waals surface area contributed by atoms with Gasteiger partial charge in [0.15, 0.2) is 0 Å². The van der Waals surface area contributed by atoms with E-state index in [-0.39, 0.29) is 42.5 Å². The SMILES string of the molecule is O=C(CCN1C(=O)C2CCCCC2C1=O)Nc1cccc(C#Cc2ccccn2)c1. The molecule has 1 aromatic carbocycles. The number of likely N-dealkylation sites (tertiary alicyclic amines) is 1. The predicted molar refractivity (Wildman–Crippen MR) is 112 cm³/mol. The summed E-state index contributed by atoms with van der Waals surface area (Å²) in [6.45, 7) is 0.135. The first-order chi connectivity index (χ1) is 14.6. The Hall–Kier alpha value is -3.46. The zero-order valence-electron chi connectivity index (χ0n) is 16.6. The van der Waals surface area contributed by atoms with Crippen molar-refractivity contribution in [3.63, 3.8) is 0 Å². The second-order valence-corrected chi connectivity index (χ2v) is 7.67. The highest BCUT2D eigenvalue weighted by Crippen LogP contribution is 2.37. The first kappa shape index (κ1) is 19.8. The van der Waals surface area contributed by atoms with Crippen LogP contribution < -0.4 is 5.32 Å². The smallest absolute Gasteiger partial charge is 0.233 e. The number of carbonyl (C=O) groups is 3. The van der Waals surface area contributed by atoms with Gasteiger partial charge >= 0.3 is 0 Å².